The Labute approximate surface area is 132 Å². The molecule has 1 saturated carbocycles. The number of halogens is 2. The topological polar surface area (TPSA) is 61.2 Å². The van der Waals surface area contributed by atoms with Gasteiger partial charge in [0.1, 0.15) is 6.54 Å². The summed E-state index contributed by atoms with van der Waals surface area (Å²) in [7, 11) is -3.66. The van der Waals surface area contributed by atoms with Crippen molar-refractivity contribution in [2.45, 2.75) is 36.6 Å². The van der Waals surface area contributed by atoms with Crippen LogP contribution in [0.3, 0.4) is 0 Å². The first-order valence-electron chi connectivity index (χ1n) is 6.30. The maximum Gasteiger partial charge on any atom is 0.244 e. The molecular formula is C13H14BrClN2O2S. The van der Waals surface area contributed by atoms with Gasteiger partial charge in [0.15, 0.2) is 0 Å². The Morgan fingerprint density at radius 3 is 2.60 bits per heavy atom. The molecule has 0 bridgehead atoms. The van der Waals surface area contributed by atoms with Crippen LogP contribution in [0.2, 0.25) is 5.02 Å². The number of nitrogens with zero attached hydrogens (tertiary/aromatic N) is 2. The summed E-state index contributed by atoms with van der Waals surface area (Å²) >= 11 is 9.12. The van der Waals surface area contributed by atoms with Crippen LogP contribution in [0.5, 0.6) is 0 Å². The molecule has 1 aromatic carbocycles. The fourth-order valence-electron chi connectivity index (χ4n) is 2.44. The molecule has 2 rings (SSSR count). The monoisotopic (exact) mass is 376 g/mol. The van der Waals surface area contributed by atoms with Crippen LogP contribution in [0.1, 0.15) is 25.7 Å². The lowest BCUT2D eigenvalue weighted by molar-refractivity contribution is 0.350. The molecule has 0 N–H and O–H groups in total. The largest absolute Gasteiger partial charge is 0.244 e. The van der Waals surface area contributed by atoms with E-state index in [-0.39, 0.29) is 17.5 Å². The standard InChI is InChI=1S/C13H14BrClN2O2S/c14-12-9-11(5-6-13(12)15)20(18,19)17(8-7-16)10-3-1-2-4-10/h5-6,9-10H,1-4,8H2. The van der Waals surface area contributed by atoms with Crippen molar-refractivity contribution in [3.05, 3.63) is 27.7 Å². The van der Waals surface area contributed by atoms with Gasteiger partial charge in [-0.2, -0.15) is 9.57 Å². The lowest BCUT2D eigenvalue weighted by atomic mass is 10.2. The first-order chi connectivity index (χ1) is 9.46. The van der Waals surface area contributed by atoms with Crippen molar-refractivity contribution in [1.29, 1.82) is 5.26 Å². The van der Waals surface area contributed by atoms with Crippen molar-refractivity contribution in [1.82, 2.24) is 4.31 Å². The summed E-state index contributed by atoms with van der Waals surface area (Å²) in [6.45, 7) is -0.118. The zero-order chi connectivity index (χ0) is 14.8. The normalized spacial score (nSPS) is 16.5. The Hall–Kier alpha value is -0.610. The van der Waals surface area contributed by atoms with E-state index < -0.39 is 10.0 Å². The quantitative estimate of drug-likeness (QED) is 0.754. The summed E-state index contributed by atoms with van der Waals surface area (Å²) in [5, 5.41) is 9.37. The molecular weight excluding hydrogens is 364 g/mol. The van der Waals surface area contributed by atoms with Crippen LogP contribution < -0.4 is 0 Å². The Bertz CT molecular complexity index is 636. The molecule has 1 aliphatic rings. The first kappa shape index (κ1) is 15.8. The molecule has 1 fully saturated rings. The Morgan fingerprint density at radius 2 is 2.05 bits per heavy atom. The predicted molar refractivity (Wildman–Crippen MR) is 80.9 cm³/mol. The molecule has 0 radical (unpaired) electrons. The molecule has 0 atom stereocenters. The van der Waals surface area contributed by atoms with Crippen LogP contribution in [-0.2, 0) is 10.0 Å². The minimum Gasteiger partial charge on any atom is -0.207 e. The van der Waals surface area contributed by atoms with Crippen molar-refractivity contribution in [3.8, 4) is 6.07 Å². The van der Waals surface area contributed by atoms with Gasteiger partial charge in [-0.1, -0.05) is 24.4 Å². The summed E-state index contributed by atoms with van der Waals surface area (Å²) < 4.78 is 27.2. The lowest BCUT2D eigenvalue weighted by Crippen LogP contribution is -2.39. The highest BCUT2D eigenvalue weighted by Crippen LogP contribution is 2.31. The van der Waals surface area contributed by atoms with Crippen molar-refractivity contribution in [2.75, 3.05) is 6.54 Å². The molecule has 0 aromatic heterocycles. The molecule has 20 heavy (non-hydrogen) atoms. The van der Waals surface area contributed by atoms with Gasteiger partial charge in [0.05, 0.1) is 16.0 Å². The molecule has 1 aromatic rings. The zero-order valence-corrected chi connectivity index (χ0v) is 13.9. The smallest absolute Gasteiger partial charge is 0.207 e. The molecule has 7 heteroatoms. The second-order valence-electron chi connectivity index (χ2n) is 4.72. The molecule has 0 saturated heterocycles. The highest BCUT2D eigenvalue weighted by Gasteiger charge is 2.33. The molecule has 0 unspecified atom stereocenters. The van der Waals surface area contributed by atoms with E-state index in [4.69, 9.17) is 16.9 Å². The molecule has 108 valence electrons. The number of rotatable bonds is 4. The van der Waals surface area contributed by atoms with Gasteiger partial charge < -0.3 is 0 Å². The Balaban J connectivity index is 2.39. The first-order valence-corrected chi connectivity index (χ1v) is 8.92. The van der Waals surface area contributed by atoms with Gasteiger partial charge in [0.25, 0.3) is 0 Å². The average molecular weight is 378 g/mol. The Morgan fingerprint density at radius 1 is 1.40 bits per heavy atom. The van der Waals surface area contributed by atoms with Crippen molar-refractivity contribution < 1.29 is 8.42 Å². The van der Waals surface area contributed by atoms with Crippen molar-refractivity contribution in [3.63, 3.8) is 0 Å². The Kier molecular flexibility index (Phi) is 5.08. The van der Waals surface area contributed by atoms with Crippen LogP contribution in [0.25, 0.3) is 0 Å². The van der Waals surface area contributed by atoms with Gasteiger partial charge in [-0.25, -0.2) is 8.42 Å². The predicted octanol–water partition coefficient (Wildman–Crippen LogP) is 3.56. The van der Waals surface area contributed by atoms with E-state index in [1.807, 2.05) is 6.07 Å². The van der Waals surface area contributed by atoms with Crippen molar-refractivity contribution in [2.24, 2.45) is 0 Å². The fourth-order valence-corrected chi connectivity index (χ4v) is 4.70. The number of hydrogen-bond donors (Lipinski definition) is 0. The van der Waals surface area contributed by atoms with E-state index >= 15 is 0 Å². The van der Waals surface area contributed by atoms with Gasteiger partial charge in [0.2, 0.25) is 10.0 Å². The maximum atomic E-state index is 12.7. The van der Waals surface area contributed by atoms with E-state index in [0.29, 0.717) is 9.50 Å². The van der Waals surface area contributed by atoms with Gasteiger partial charge in [0, 0.05) is 10.5 Å². The minimum atomic E-state index is -3.66. The lowest BCUT2D eigenvalue weighted by Gasteiger charge is -2.25. The number of nitriles is 1. The van der Waals surface area contributed by atoms with E-state index in [1.165, 1.54) is 22.5 Å². The zero-order valence-electron chi connectivity index (χ0n) is 10.7. The summed E-state index contributed by atoms with van der Waals surface area (Å²) in [4.78, 5) is 0.163. The molecule has 0 heterocycles. The SMILES string of the molecule is N#CCN(C1CCCC1)S(=O)(=O)c1ccc(Cl)c(Br)c1. The van der Waals surface area contributed by atoms with Gasteiger partial charge in [-0.3, -0.25) is 0 Å². The highest BCUT2D eigenvalue weighted by atomic mass is 79.9. The van der Waals surface area contributed by atoms with Gasteiger partial charge >= 0.3 is 0 Å². The summed E-state index contributed by atoms with van der Waals surface area (Å²) in [5.41, 5.74) is 0. The van der Waals surface area contributed by atoms with E-state index in [9.17, 15) is 8.42 Å². The molecule has 4 nitrogen and oxygen atoms in total. The van der Waals surface area contributed by atoms with E-state index in [2.05, 4.69) is 15.9 Å². The molecule has 1 aliphatic carbocycles. The van der Waals surface area contributed by atoms with E-state index in [1.54, 1.807) is 0 Å². The third-order valence-electron chi connectivity index (χ3n) is 3.46. The highest BCUT2D eigenvalue weighted by molar-refractivity contribution is 9.10. The molecule has 0 amide bonds. The molecule has 0 spiro atoms. The van der Waals surface area contributed by atoms with Gasteiger partial charge in [-0.05, 0) is 47.0 Å². The van der Waals surface area contributed by atoms with Crippen molar-refractivity contribution >= 4 is 37.6 Å². The maximum absolute atomic E-state index is 12.7. The summed E-state index contributed by atoms with van der Waals surface area (Å²) in [6, 6.07) is 6.38. The number of hydrogen-bond acceptors (Lipinski definition) is 3. The second-order valence-corrected chi connectivity index (χ2v) is 7.87. The second kappa shape index (κ2) is 6.44. The van der Waals surface area contributed by atoms with Crippen LogP contribution in [0, 0.1) is 11.3 Å². The third-order valence-corrected chi connectivity index (χ3v) is 6.56. The third kappa shape index (κ3) is 3.17. The number of benzene rings is 1. The van der Waals surface area contributed by atoms with Crippen LogP contribution >= 0.6 is 27.5 Å². The number of sulfonamides is 1. The minimum absolute atomic E-state index is 0.0749. The van der Waals surface area contributed by atoms with Crippen LogP contribution in [0.4, 0.5) is 0 Å². The van der Waals surface area contributed by atoms with E-state index in [0.717, 1.165) is 25.7 Å². The molecule has 0 aliphatic heterocycles. The fraction of sp³-hybridized carbons (Fsp3) is 0.462. The summed E-state index contributed by atoms with van der Waals surface area (Å²) in [6.07, 6.45) is 3.64. The van der Waals surface area contributed by atoms with Crippen LogP contribution in [-0.4, -0.2) is 25.3 Å². The van der Waals surface area contributed by atoms with Crippen LogP contribution in [0.15, 0.2) is 27.6 Å². The average Bonchev–Trinajstić information content (AvgIpc) is 2.92. The summed E-state index contributed by atoms with van der Waals surface area (Å²) in [5.74, 6) is 0. The van der Waals surface area contributed by atoms with Gasteiger partial charge in [-0.15, -0.1) is 0 Å².